The Hall–Kier alpha value is -3.31. The van der Waals surface area contributed by atoms with E-state index in [4.69, 9.17) is 10.5 Å². The zero-order valence-corrected chi connectivity index (χ0v) is 16.3. The van der Waals surface area contributed by atoms with Gasteiger partial charge < -0.3 is 15.2 Å². The van der Waals surface area contributed by atoms with Crippen molar-refractivity contribution in [1.29, 1.82) is 0 Å². The van der Waals surface area contributed by atoms with Gasteiger partial charge in [-0.2, -0.15) is 17.6 Å². The highest BCUT2D eigenvalue weighted by Crippen LogP contribution is 2.14. The minimum Gasteiger partial charge on any atom is -0.458 e. The zero-order valence-electron chi connectivity index (χ0n) is 16.3. The number of halogens is 5. The van der Waals surface area contributed by atoms with Crippen molar-refractivity contribution < 1.29 is 41.0 Å². The highest BCUT2D eigenvalue weighted by molar-refractivity contribution is 5.88. The summed E-state index contributed by atoms with van der Waals surface area (Å²) in [6.45, 7) is 6.38. The lowest BCUT2D eigenvalue weighted by molar-refractivity contribution is 0.0358. The molecule has 0 aliphatic rings. The molecule has 0 radical (unpaired) electrons. The van der Waals surface area contributed by atoms with Gasteiger partial charge in [0.2, 0.25) is 11.6 Å². The molecule has 2 aromatic rings. The molecule has 0 unspecified atom stereocenters. The predicted molar refractivity (Wildman–Crippen MR) is 93.8 cm³/mol. The monoisotopic (exact) mass is 435 g/mol. The molecule has 0 aliphatic carbocycles. The molecular formula is C18H18F5N3O4. The largest absolute Gasteiger partial charge is 0.458 e. The fourth-order valence-corrected chi connectivity index (χ4v) is 1.74. The summed E-state index contributed by atoms with van der Waals surface area (Å²) in [4.78, 5) is 28.4. The fraction of sp³-hybridized carbons (Fsp3) is 0.333. The van der Waals surface area contributed by atoms with Crippen molar-refractivity contribution >= 4 is 17.6 Å². The summed E-state index contributed by atoms with van der Waals surface area (Å²) in [6, 6.07) is 1.42. The number of nitrogens with zero attached hydrogens (tertiary/aromatic N) is 2. The molecule has 30 heavy (non-hydrogen) atoms. The molecule has 0 aromatic carbocycles. The van der Waals surface area contributed by atoms with Crippen molar-refractivity contribution in [1.82, 2.24) is 9.97 Å². The van der Waals surface area contributed by atoms with Crippen LogP contribution in [-0.2, 0) is 9.47 Å². The van der Waals surface area contributed by atoms with Gasteiger partial charge in [0.05, 0.1) is 17.9 Å². The van der Waals surface area contributed by atoms with E-state index in [-0.39, 0.29) is 11.8 Å². The molecule has 0 atom stereocenters. The Labute approximate surface area is 168 Å². The molecule has 0 spiro atoms. The van der Waals surface area contributed by atoms with Gasteiger partial charge in [0.25, 0.3) is 11.9 Å². The van der Waals surface area contributed by atoms with Crippen LogP contribution < -0.4 is 5.73 Å². The molecule has 12 heteroatoms. The summed E-state index contributed by atoms with van der Waals surface area (Å²) >= 11 is 0. The van der Waals surface area contributed by atoms with E-state index in [2.05, 4.69) is 14.7 Å². The second-order valence-corrected chi connectivity index (χ2v) is 6.20. The van der Waals surface area contributed by atoms with Gasteiger partial charge in [-0.1, -0.05) is 0 Å². The number of aromatic nitrogens is 2. The average Bonchev–Trinajstić information content (AvgIpc) is 2.62. The predicted octanol–water partition coefficient (Wildman–Crippen LogP) is 3.57. The van der Waals surface area contributed by atoms with Crippen molar-refractivity contribution in [2.75, 3.05) is 5.73 Å². The van der Waals surface area contributed by atoms with Gasteiger partial charge in [-0.3, -0.25) is 0 Å². The summed E-state index contributed by atoms with van der Waals surface area (Å²) in [5, 5.41) is 0. The number of hydrogen-bond acceptors (Lipinski definition) is 7. The standard InChI is InChI=1S/C9H8F3NO2.C9H10F2N2O2/c1-4(2)15-9(14)6-3-5(10)7(11)8(12)13-6;1-4(2)15-9(14)6-3-5(12)7(10)8(11)13-6/h3-4H,1-2H3;3-4H,1-2H3,(H2,12,13). The van der Waals surface area contributed by atoms with Crippen LogP contribution in [0.4, 0.5) is 27.6 Å². The molecule has 2 N–H and O–H groups in total. The van der Waals surface area contributed by atoms with Crippen LogP contribution in [0, 0.1) is 29.3 Å². The van der Waals surface area contributed by atoms with E-state index in [1.165, 1.54) is 0 Å². The first-order valence-corrected chi connectivity index (χ1v) is 8.38. The van der Waals surface area contributed by atoms with Crippen molar-refractivity contribution in [2.45, 2.75) is 39.9 Å². The number of hydrogen-bond donors (Lipinski definition) is 1. The summed E-state index contributed by atoms with van der Waals surface area (Å²) in [5.41, 5.74) is 3.71. The number of carbonyl (C=O) groups is 2. The molecule has 2 rings (SSSR count). The molecule has 2 heterocycles. The summed E-state index contributed by atoms with van der Waals surface area (Å²) in [7, 11) is 0. The van der Waals surface area contributed by atoms with E-state index in [0.29, 0.717) is 6.07 Å². The summed E-state index contributed by atoms with van der Waals surface area (Å²) in [5.74, 6) is -9.36. The Balaban J connectivity index is 0.000000300. The van der Waals surface area contributed by atoms with Crippen LogP contribution in [0.2, 0.25) is 0 Å². The van der Waals surface area contributed by atoms with Crippen LogP contribution in [0.1, 0.15) is 48.7 Å². The maximum atomic E-state index is 12.8. The highest BCUT2D eigenvalue weighted by atomic mass is 19.2. The van der Waals surface area contributed by atoms with Crippen LogP contribution in [0.5, 0.6) is 0 Å². The Bertz CT molecular complexity index is 817. The third kappa shape index (κ3) is 6.94. The molecule has 0 saturated heterocycles. The first-order chi connectivity index (χ1) is 13.8. The van der Waals surface area contributed by atoms with Gasteiger partial charge in [-0.05, 0) is 33.8 Å². The van der Waals surface area contributed by atoms with Crippen LogP contribution >= 0.6 is 0 Å². The topological polar surface area (TPSA) is 104 Å². The first kappa shape index (κ1) is 24.7. The Morgan fingerprint density at radius 3 is 1.57 bits per heavy atom. The molecule has 7 nitrogen and oxygen atoms in total. The Kier molecular flexibility index (Phi) is 8.62. The first-order valence-electron chi connectivity index (χ1n) is 8.38. The molecular weight excluding hydrogens is 417 g/mol. The second-order valence-electron chi connectivity index (χ2n) is 6.20. The number of pyridine rings is 2. The van der Waals surface area contributed by atoms with Crippen LogP contribution in [0.25, 0.3) is 0 Å². The van der Waals surface area contributed by atoms with Gasteiger partial charge in [0.1, 0.15) is 0 Å². The fourth-order valence-electron chi connectivity index (χ4n) is 1.74. The van der Waals surface area contributed by atoms with Crippen LogP contribution in [0.15, 0.2) is 12.1 Å². The molecule has 164 valence electrons. The normalized spacial score (nSPS) is 10.5. The maximum absolute atomic E-state index is 12.8. The summed E-state index contributed by atoms with van der Waals surface area (Å²) in [6.07, 6.45) is -0.816. The number of rotatable bonds is 4. The van der Waals surface area contributed by atoms with Gasteiger partial charge in [0, 0.05) is 6.07 Å². The van der Waals surface area contributed by atoms with E-state index < -0.39 is 58.8 Å². The smallest absolute Gasteiger partial charge is 0.357 e. The SMILES string of the molecule is CC(C)OC(=O)c1cc(F)c(F)c(F)n1.CC(C)OC(=O)c1cc(N)c(F)c(F)n1. The molecule has 0 amide bonds. The van der Waals surface area contributed by atoms with Gasteiger partial charge in [0.15, 0.2) is 17.2 Å². The lowest BCUT2D eigenvalue weighted by atomic mass is 10.3. The van der Waals surface area contributed by atoms with E-state index in [1.807, 2.05) is 0 Å². The Morgan fingerprint density at radius 2 is 1.20 bits per heavy atom. The molecule has 2 aromatic heterocycles. The number of carbonyl (C=O) groups excluding carboxylic acids is 2. The third-order valence-electron chi connectivity index (χ3n) is 2.92. The quantitative estimate of drug-likeness (QED) is 0.445. The molecule has 0 aliphatic heterocycles. The van der Waals surface area contributed by atoms with Gasteiger partial charge >= 0.3 is 11.9 Å². The number of nitrogens with two attached hydrogens (primary N) is 1. The molecule has 0 bridgehead atoms. The van der Waals surface area contributed by atoms with Crippen molar-refractivity contribution in [3.63, 3.8) is 0 Å². The lowest BCUT2D eigenvalue weighted by Crippen LogP contribution is -2.15. The highest BCUT2D eigenvalue weighted by Gasteiger charge is 2.19. The number of nitrogen functional groups attached to an aromatic ring is 1. The third-order valence-corrected chi connectivity index (χ3v) is 2.92. The molecule has 0 saturated carbocycles. The summed E-state index contributed by atoms with van der Waals surface area (Å²) < 4.78 is 72.6. The Morgan fingerprint density at radius 1 is 0.800 bits per heavy atom. The number of esters is 2. The minimum absolute atomic E-state index is 0.347. The van der Waals surface area contributed by atoms with E-state index in [9.17, 15) is 31.5 Å². The van der Waals surface area contributed by atoms with Crippen molar-refractivity contribution in [3.05, 3.63) is 52.9 Å². The van der Waals surface area contributed by atoms with E-state index >= 15 is 0 Å². The van der Waals surface area contributed by atoms with Crippen molar-refractivity contribution in [2.24, 2.45) is 0 Å². The lowest BCUT2D eigenvalue weighted by Gasteiger charge is -2.07. The van der Waals surface area contributed by atoms with Crippen LogP contribution in [-0.4, -0.2) is 34.1 Å². The van der Waals surface area contributed by atoms with E-state index in [1.54, 1.807) is 27.7 Å². The van der Waals surface area contributed by atoms with Crippen molar-refractivity contribution in [3.8, 4) is 0 Å². The number of anilines is 1. The molecule has 0 fully saturated rings. The van der Waals surface area contributed by atoms with Gasteiger partial charge in [-0.25, -0.2) is 23.9 Å². The average molecular weight is 435 g/mol. The second kappa shape index (κ2) is 10.5. The minimum atomic E-state index is -1.71. The maximum Gasteiger partial charge on any atom is 0.357 e. The zero-order chi connectivity index (χ0) is 23.2. The van der Waals surface area contributed by atoms with E-state index in [0.717, 1.165) is 6.07 Å². The van der Waals surface area contributed by atoms with Gasteiger partial charge in [-0.15, -0.1) is 0 Å². The number of ether oxygens (including phenoxy) is 2. The van der Waals surface area contributed by atoms with Crippen LogP contribution in [0.3, 0.4) is 0 Å².